The van der Waals surface area contributed by atoms with Gasteiger partial charge in [0, 0.05) is 6.61 Å². The largest absolute Gasteiger partial charge is 0.378 e. The number of hydrogen-bond donors (Lipinski definition) is 0. The molecule has 66 valence electrons. The Balaban J connectivity index is 2.52. The lowest BCUT2D eigenvalue weighted by Gasteiger charge is -2.32. The maximum absolute atomic E-state index is 5.70. The molecule has 1 aliphatic rings. The van der Waals surface area contributed by atoms with E-state index in [4.69, 9.17) is 4.74 Å². The summed E-state index contributed by atoms with van der Waals surface area (Å²) in [5.74, 6) is 0. The summed E-state index contributed by atoms with van der Waals surface area (Å²) < 4.78 is 5.70. The molecule has 0 radical (unpaired) electrons. The van der Waals surface area contributed by atoms with Crippen LogP contribution in [0.2, 0.25) is 0 Å². The molecule has 0 spiro atoms. The fraction of sp³-hybridized carbons (Fsp3) is 1.00. The van der Waals surface area contributed by atoms with Crippen LogP contribution in [0.15, 0.2) is 0 Å². The number of rotatable bonds is 3. The molecule has 11 heavy (non-hydrogen) atoms. The predicted octanol–water partition coefficient (Wildman–Crippen LogP) is 2.99. The van der Waals surface area contributed by atoms with Gasteiger partial charge in [0.15, 0.2) is 0 Å². The molecule has 1 heterocycles. The SMILES string of the molecule is CCC(C)(CC)C1CCCO1. The van der Waals surface area contributed by atoms with Crippen LogP contribution in [0.3, 0.4) is 0 Å². The molecule has 0 saturated carbocycles. The summed E-state index contributed by atoms with van der Waals surface area (Å²) in [5, 5.41) is 0. The van der Waals surface area contributed by atoms with E-state index < -0.39 is 0 Å². The Bertz CT molecular complexity index is 110. The lowest BCUT2D eigenvalue weighted by molar-refractivity contribution is 0.00413. The second-order valence-corrected chi connectivity index (χ2v) is 3.86. The first-order chi connectivity index (χ1) is 5.23. The lowest BCUT2D eigenvalue weighted by atomic mass is 9.78. The van der Waals surface area contributed by atoms with Crippen LogP contribution in [0.1, 0.15) is 46.5 Å². The van der Waals surface area contributed by atoms with Gasteiger partial charge in [-0.25, -0.2) is 0 Å². The maximum atomic E-state index is 5.70. The van der Waals surface area contributed by atoms with Gasteiger partial charge in [-0.05, 0) is 31.1 Å². The minimum atomic E-state index is 0.441. The van der Waals surface area contributed by atoms with Crippen LogP contribution in [-0.4, -0.2) is 12.7 Å². The van der Waals surface area contributed by atoms with E-state index in [1.807, 2.05) is 0 Å². The molecule has 0 aromatic rings. The molecular formula is C10H20O. The van der Waals surface area contributed by atoms with Crippen LogP contribution < -0.4 is 0 Å². The van der Waals surface area contributed by atoms with E-state index in [-0.39, 0.29) is 0 Å². The zero-order valence-corrected chi connectivity index (χ0v) is 8.02. The standard InChI is InChI=1S/C10H20O/c1-4-10(3,5-2)9-7-6-8-11-9/h9H,4-8H2,1-3H3. The minimum Gasteiger partial charge on any atom is -0.378 e. The summed E-state index contributed by atoms with van der Waals surface area (Å²) in [5.41, 5.74) is 0.441. The van der Waals surface area contributed by atoms with Crippen molar-refractivity contribution in [3.8, 4) is 0 Å². The van der Waals surface area contributed by atoms with E-state index in [9.17, 15) is 0 Å². The van der Waals surface area contributed by atoms with Gasteiger partial charge in [0.25, 0.3) is 0 Å². The van der Waals surface area contributed by atoms with Gasteiger partial charge in [-0.15, -0.1) is 0 Å². The van der Waals surface area contributed by atoms with Crippen molar-refractivity contribution in [1.82, 2.24) is 0 Å². The monoisotopic (exact) mass is 156 g/mol. The van der Waals surface area contributed by atoms with E-state index >= 15 is 0 Å². The van der Waals surface area contributed by atoms with Gasteiger partial charge in [-0.2, -0.15) is 0 Å². The van der Waals surface area contributed by atoms with Crippen molar-refractivity contribution in [3.63, 3.8) is 0 Å². The topological polar surface area (TPSA) is 9.23 Å². The molecule has 1 aliphatic heterocycles. The van der Waals surface area contributed by atoms with Gasteiger partial charge in [0.1, 0.15) is 0 Å². The molecule has 1 rings (SSSR count). The van der Waals surface area contributed by atoms with Crippen LogP contribution >= 0.6 is 0 Å². The second kappa shape index (κ2) is 3.57. The predicted molar refractivity (Wildman–Crippen MR) is 47.7 cm³/mol. The number of ether oxygens (including phenoxy) is 1. The van der Waals surface area contributed by atoms with E-state index in [1.54, 1.807) is 0 Å². The molecule has 1 heteroatoms. The lowest BCUT2D eigenvalue weighted by Crippen LogP contribution is -2.30. The van der Waals surface area contributed by atoms with Gasteiger partial charge in [0.2, 0.25) is 0 Å². The molecule has 0 aromatic carbocycles. The molecule has 0 aliphatic carbocycles. The van der Waals surface area contributed by atoms with Gasteiger partial charge in [0.05, 0.1) is 6.10 Å². The molecule has 0 N–H and O–H groups in total. The zero-order valence-electron chi connectivity index (χ0n) is 8.02. The fourth-order valence-electron chi connectivity index (χ4n) is 1.83. The second-order valence-electron chi connectivity index (χ2n) is 3.86. The number of hydrogen-bond acceptors (Lipinski definition) is 1. The van der Waals surface area contributed by atoms with Crippen molar-refractivity contribution in [2.45, 2.75) is 52.6 Å². The van der Waals surface area contributed by atoms with Crippen LogP contribution in [0, 0.1) is 5.41 Å². The van der Waals surface area contributed by atoms with Crippen LogP contribution in [0.25, 0.3) is 0 Å². The highest BCUT2D eigenvalue weighted by atomic mass is 16.5. The average Bonchev–Trinajstić information content (AvgIpc) is 2.55. The Hall–Kier alpha value is -0.0400. The van der Waals surface area contributed by atoms with Crippen LogP contribution in [0.5, 0.6) is 0 Å². The van der Waals surface area contributed by atoms with Crippen molar-refractivity contribution in [3.05, 3.63) is 0 Å². The molecule has 0 aromatic heterocycles. The summed E-state index contributed by atoms with van der Waals surface area (Å²) >= 11 is 0. The van der Waals surface area contributed by atoms with Crippen molar-refractivity contribution in [2.75, 3.05) is 6.61 Å². The molecule has 1 unspecified atom stereocenters. The quantitative estimate of drug-likeness (QED) is 0.610. The molecule has 0 bridgehead atoms. The summed E-state index contributed by atoms with van der Waals surface area (Å²) in [4.78, 5) is 0. The van der Waals surface area contributed by atoms with Crippen molar-refractivity contribution in [1.29, 1.82) is 0 Å². The van der Waals surface area contributed by atoms with Gasteiger partial charge < -0.3 is 4.74 Å². The Morgan fingerprint density at radius 2 is 2.00 bits per heavy atom. The minimum absolute atomic E-state index is 0.441. The Kier molecular flexibility index (Phi) is 2.94. The third kappa shape index (κ3) is 1.76. The first-order valence-electron chi connectivity index (χ1n) is 4.84. The third-order valence-electron chi connectivity index (χ3n) is 3.32. The highest BCUT2D eigenvalue weighted by Crippen LogP contribution is 2.36. The molecule has 1 nitrogen and oxygen atoms in total. The smallest absolute Gasteiger partial charge is 0.0629 e. The maximum Gasteiger partial charge on any atom is 0.0629 e. The Morgan fingerprint density at radius 1 is 1.36 bits per heavy atom. The van der Waals surface area contributed by atoms with Gasteiger partial charge in [-0.3, -0.25) is 0 Å². The van der Waals surface area contributed by atoms with Gasteiger partial charge in [-0.1, -0.05) is 20.8 Å². The summed E-state index contributed by atoms with van der Waals surface area (Å²) in [6, 6.07) is 0. The molecule has 0 amide bonds. The summed E-state index contributed by atoms with van der Waals surface area (Å²) in [7, 11) is 0. The average molecular weight is 156 g/mol. The summed E-state index contributed by atoms with van der Waals surface area (Å²) in [6.07, 6.45) is 5.57. The fourth-order valence-corrected chi connectivity index (χ4v) is 1.83. The first kappa shape index (κ1) is 9.05. The van der Waals surface area contributed by atoms with Crippen LogP contribution in [-0.2, 0) is 4.74 Å². The van der Waals surface area contributed by atoms with E-state index in [0.29, 0.717) is 11.5 Å². The molecule has 1 fully saturated rings. The van der Waals surface area contributed by atoms with E-state index in [1.165, 1.54) is 25.7 Å². The highest BCUT2D eigenvalue weighted by molar-refractivity contribution is 4.83. The van der Waals surface area contributed by atoms with Crippen LogP contribution in [0.4, 0.5) is 0 Å². The van der Waals surface area contributed by atoms with Gasteiger partial charge >= 0.3 is 0 Å². The van der Waals surface area contributed by atoms with E-state index in [0.717, 1.165) is 6.61 Å². The van der Waals surface area contributed by atoms with Crippen molar-refractivity contribution < 1.29 is 4.74 Å². The zero-order chi connectivity index (χ0) is 8.32. The summed E-state index contributed by atoms with van der Waals surface area (Å²) in [6.45, 7) is 7.87. The Morgan fingerprint density at radius 3 is 2.36 bits per heavy atom. The molecule has 1 atom stereocenters. The Labute approximate surface area is 70.1 Å². The van der Waals surface area contributed by atoms with Crippen molar-refractivity contribution >= 4 is 0 Å². The highest BCUT2D eigenvalue weighted by Gasteiger charge is 2.33. The van der Waals surface area contributed by atoms with E-state index in [2.05, 4.69) is 20.8 Å². The third-order valence-corrected chi connectivity index (χ3v) is 3.32. The molecule has 1 saturated heterocycles. The normalized spacial score (nSPS) is 25.9. The molecular weight excluding hydrogens is 136 g/mol. The van der Waals surface area contributed by atoms with Crippen molar-refractivity contribution in [2.24, 2.45) is 5.41 Å². The first-order valence-corrected chi connectivity index (χ1v) is 4.84.